The minimum absolute atomic E-state index is 0.0946. The summed E-state index contributed by atoms with van der Waals surface area (Å²) >= 11 is 1.23. The van der Waals surface area contributed by atoms with Crippen molar-refractivity contribution >= 4 is 38.7 Å². The summed E-state index contributed by atoms with van der Waals surface area (Å²) < 4.78 is 38.4. The van der Waals surface area contributed by atoms with E-state index in [1.807, 2.05) is 12.1 Å². The quantitative estimate of drug-likeness (QED) is 0.180. The van der Waals surface area contributed by atoms with Crippen LogP contribution in [0.2, 0.25) is 0 Å². The van der Waals surface area contributed by atoms with E-state index in [1.165, 1.54) is 30.0 Å². The summed E-state index contributed by atoms with van der Waals surface area (Å²) in [4.78, 5) is 24.1. The molecule has 0 aliphatic carbocycles. The number of thioether (sulfide) groups is 1. The van der Waals surface area contributed by atoms with Crippen molar-refractivity contribution in [1.82, 2.24) is 4.72 Å². The van der Waals surface area contributed by atoms with Gasteiger partial charge in [0.2, 0.25) is 10.0 Å². The number of benzene rings is 3. The highest BCUT2D eigenvalue weighted by atomic mass is 32.2. The van der Waals surface area contributed by atoms with Crippen molar-refractivity contribution in [1.29, 1.82) is 0 Å². The first-order valence-electron chi connectivity index (χ1n) is 11.9. The Labute approximate surface area is 229 Å². The summed E-state index contributed by atoms with van der Waals surface area (Å²) in [5.74, 6) is -0.604. The first kappa shape index (κ1) is 28.4. The van der Waals surface area contributed by atoms with Crippen LogP contribution in [-0.2, 0) is 14.8 Å². The van der Waals surface area contributed by atoms with Crippen molar-refractivity contribution in [2.45, 2.75) is 35.3 Å². The van der Waals surface area contributed by atoms with Crippen LogP contribution < -0.4 is 15.1 Å². The zero-order valence-electron chi connectivity index (χ0n) is 21.2. The minimum Gasteiger partial charge on any atom is -0.497 e. The Morgan fingerprint density at radius 2 is 1.67 bits per heavy atom. The van der Waals surface area contributed by atoms with E-state index in [1.54, 1.807) is 56.5 Å². The lowest BCUT2D eigenvalue weighted by Gasteiger charge is -2.18. The van der Waals surface area contributed by atoms with Crippen LogP contribution in [0.3, 0.4) is 0 Å². The van der Waals surface area contributed by atoms with Gasteiger partial charge in [-0.15, -0.1) is 11.8 Å². The molecule has 2 atom stereocenters. The molecule has 39 heavy (non-hydrogen) atoms. The number of carboxylic acids is 1. The van der Waals surface area contributed by atoms with E-state index in [2.05, 4.69) is 4.72 Å². The van der Waals surface area contributed by atoms with Gasteiger partial charge >= 0.3 is 11.6 Å². The number of rotatable bonds is 11. The molecule has 0 spiro atoms. The standard InChI is InChI=1S/C28H27NO8S2/c1-17-13-27(31)37-26-15-22(9-12-24(17)26)38-16-20(30)14-25(28(32)33)29-39(34,35)23-10-5-19(6-11-23)18-3-7-21(36-2)8-4-18/h3-13,15,20,25,29-30H,14,16H2,1-2H3,(H,32,33)/t20-,25?/m1/s1. The molecule has 1 unspecified atom stereocenters. The van der Waals surface area contributed by atoms with Crippen molar-refractivity contribution in [2.24, 2.45) is 0 Å². The summed E-state index contributed by atoms with van der Waals surface area (Å²) in [6, 6.07) is 18.5. The molecule has 11 heteroatoms. The highest BCUT2D eigenvalue weighted by Crippen LogP contribution is 2.27. The number of aliphatic carboxylic acids is 1. The van der Waals surface area contributed by atoms with Gasteiger partial charge in [-0.25, -0.2) is 13.2 Å². The maximum Gasteiger partial charge on any atom is 0.336 e. The number of nitrogens with one attached hydrogen (secondary N) is 1. The fourth-order valence-corrected chi connectivity index (χ4v) is 6.07. The van der Waals surface area contributed by atoms with Crippen LogP contribution in [0.25, 0.3) is 22.1 Å². The van der Waals surface area contributed by atoms with Crippen LogP contribution in [0.1, 0.15) is 12.0 Å². The van der Waals surface area contributed by atoms with Gasteiger partial charge in [0.15, 0.2) is 0 Å². The molecule has 0 radical (unpaired) electrons. The van der Waals surface area contributed by atoms with Crippen molar-refractivity contribution < 1.29 is 32.6 Å². The number of carbonyl (C=O) groups is 1. The predicted octanol–water partition coefficient (Wildman–Crippen LogP) is 4.05. The monoisotopic (exact) mass is 569 g/mol. The normalized spacial score (nSPS) is 13.2. The lowest BCUT2D eigenvalue weighted by atomic mass is 10.1. The molecule has 0 bridgehead atoms. The van der Waals surface area contributed by atoms with Crippen LogP contribution >= 0.6 is 11.8 Å². The van der Waals surface area contributed by atoms with E-state index in [0.717, 1.165) is 22.1 Å². The SMILES string of the molecule is COc1ccc(-c2ccc(S(=O)(=O)NC(C[C@@H](O)CSc3ccc4c(C)cc(=O)oc4c3)C(=O)O)cc2)cc1. The average molecular weight is 570 g/mol. The lowest BCUT2D eigenvalue weighted by molar-refractivity contribution is -0.139. The highest BCUT2D eigenvalue weighted by Gasteiger charge is 2.28. The molecule has 3 aromatic carbocycles. The third-order valence-electron chi connectivity index (χ3n) is 6.06. The van der Waals surface area contributed by atoms with E-state index >= 15 is 0 Å². The molecule has 0 saturated carbocycles. The second-order valence-electron chi connectivity index (χ2n) is 8.87. The summed E-state index contributed by atoms with van der Waals surface area (Å²) in [7, 11) is -2.60. The summed E-state index contributed by atoms with van der Waals surface area (Å²) in [5, 5.41) is 20.9. The van der Waals surface area contributed by atoms with Crippen LogP contribution in [0.15, 0.2) is 91.8 Å². The van der Waals surface area contributed by atoms with Gasteiger partial charge < -0.3 is 19.4 Å². The van der Waals surface area contributed by atoms with Gasteiger partial charge in [0.25, 0.3) is 0 Å². The van der Waals surface area contributed by atoms with Crippen molar-refractivity contribution in [3.63, 3.8) is 0 Å². The number of aliphatic hydroxyl groups excluding tert-OH is 1. The zero-order chi connectivity index (χ0) is 28.2. The number of carboxylic acid groups (broad SMARTS) is 1. The van der Waals surface area contributed by atoms with Gasteiger partial charge in [0, 0.05) is 28.5 Å². The Morgan fingerprint density at radius 3 is 2.28 bits per heavy atom. The van der Waals surface area contributed by atoms with Gasteiger partial charge in [-0.05, 0) is 66.1 Å². The van der Waals surface area contributed by atoms with Crippen molar-refractivity contribution in [3.05, 3.63) is 88.8 Å². The number of hydrogen-bond acceptors (Lipinski definition) is 8. The Morgan fingerprint density at radius 1 is 1.03 bits per heavy atom. The molecule has 1 aromatic heterocycles. The molecule has 3 N–H and O–H groups in total. The number of aryl methyl sites for hydroxylation is 1. The second kappa shape index (κ2) is 12.0. The number of aliphatic hydroxyl groups is 1. The molecule has 204 valence electrons. The number of sulfonamides is 1. The molecule has 0 amide bonds. The molecule has 0 aliphatic rings. The van der Waals surface area contributed by atoms with Gasteiger partial charge in [0.1, 0.15) is 17.4 Å². The third-order valence-corrected chi connectivity index (χ3v) is 8.68. The number of hydrogen-bond donors (Lipinski definition) is 3. The molecule has 4 rings (SSSR count). The fourth-order valence-electron chi connectivity index (χ4n) is 3.99. The molecule has 9 nitrogen and oxygen atoms in total. The van der Waals surface area contributed by atoms with Gasteiger partial charge in [-0.1, -0.05) is 24.3 Å². The molecule has 0 saturated heterocycles. The maximum absolute atomic E-state index is 12.9. The summed E-state index contributed by atoms with van der Waals surface area (Å²) in [5.41, 5.74) is 2.37. The van der Waals surface area contributed by atoms with E-state index in [9.17, 15) is 28.2 Å². The smallest absolute Gasteiger partial charge is 0.336 e. The molecule has 4 aromatic rings. The Balaban J connectivity index is 1.40. The lowest BCUT2D eigenvalue weighted by Crippen LogP contribution is -2.43. The van der Waals surface area contributed by atoms with Crippen LogP contribution in [-0.4, -0.2) is 49.6 Å². The Hall–Kier alpha value is -3.64. The van der Waals surface area contributed by atoms with E-state index in [4.69, 9.17) is 9.15 Å². The first-order valence-corrected chi connectivity index (χ1v) is 14.4. The zero-order valence-corrected chi connectivity index (χ0v) is 22.8. The first-order chi connectivity index (χ1) is 18.6. The second-order valence-corrected chi connectivity index (χ2v) is 11.7. The van der Waals surface area contributed by atoms with E-state index < -0.39 is 33.8 Å². The molecule has 0 aliphatic heterocycles. The third kappa shape index (κ3) is 7.07. The van der Waals surface area contributed by atoms with Crippen molar-refractivity contribution in [2.75, 3.05) is 12.9 Å². The fraction of sp³-hybridized carbons (Fsp3) is 0.214. The largest absolute Gasteiger partial charge is 0.497 e. The maximum atomic E-state index is 12.9. The number of fused-ring (bicyclic) bond motifs is 1. The average Bonchev–Trinajstić information content (AvgIpc) is 2.91. The predicted molar refractivity (Wildman–Crippen MR) is 149 cm³/mol. The Bertz CT molecular complexity index is 1630. The van der Waals surface area contributed by atoms with Crippen molar-refractivity contribution in [3.8, 4) is 16.9 Å². The number of methoxy groups -OCH3 is 1. The minimum atomic E-state index is -4.17. The number of ether oxygens (including phenoxy) is 1. The van der Waals surface area contributed by atoms with E-state index in [0.29, 0.717) is 16.2 Å². The van der Waals surface area contributed by atoms with Crippen LogP contribution in [0.4, 0.5) is 0 Å². The Kier molecular flexibility index (Phi) is 8.76. The highest BCUT2D eigenvalue weighted by molar-refractivity contribution is 7.99. The topological polar surface area (TPSA) is 143 Å². The molecular formula is C28H27NO8S2. The molecule has 1 heterocycles. The van der Waals surface area contributed by atoms with Gasteiger partial charge in [-0.2, -0.15) is 4.72 Å². The summed E-state index contributed by atoms with van der Waals surface area (Å²) in [6.45, 7) is 1.80. The summed E-state index contributed by atoms with van der Waals surface area (Å²) in [6.07, 6.45) is -1.47. The van der Waals surface area contributed by atoms with Crippen LogP contribution in [0.5, 0.6) is 5.75 Å². The van der Waals surface area contributed by atoms with Gasteiger partial charge in [-0.3, -0.25) is 4.79 Å². The van der Waals surface area contributed by atoms with Crippen LogP contribution in [0, 0.1) is 6.92 Å². The van der Waals surface area contributed by atoms with Gasteiger partial charge in [0.05, 0.1) is 18.1 Å². The molecular weight excluding hydrogens is 542 g/mol. The van der Waals surface area contributed by atoms with E-state index in [-0.39, 0.29) is 17.1 Å². The molecule has 0 fully saturated rings.